The third-order valence-electron chi connectivity index (χ3n) is 2.72. The van der Waals surface area contributed by atoms with Gasteiger partial charge in [0.25, 0.3) is 0 Å². The van der Waals surface area contributed by atoms with Crippen LogP contribution < -0.4 is 15.4 Å². The predicted molar refractivity (Wildman–Crippen MR) is 72.2 cm³/mol. The van der Waals surface area contributed by atoms with Gasteiger partial charge in [0.2, 0.25) is 11.8 Å². The number of benzene rings is 1. The van der Waals surface area contributed by atoms with E-state index in [0.717, 1.165) is 5.56 Å². The van der Waals surface area contributed by atoms with Crippen LogP contribution in [0.3, 0.4) is 0 Å². The molecule has 1 aromatic rings. The van der Waals surface area contributed by atoms with Crippen LogP contribution in [0.5, 0.6) is 5.75 Å². The standard InChI is InChI=1S/C14H18N2O3/c1-9(2)15-14(18)8-10-3-4-12-11(7-10)16-13(17)5-6-19-12/h3-4,7,9H,5-6,8H2,1-2H3,(H,15,18)(H,16,17). The average molecular weight is 262 g/mol. The predicted octanol–water partition coefficient (Wildman–Crippen LogP) is 1.47. The van der Waals surface area contributed by atoms with E-state index in [-0.39, 0.29) is 17.9 Å². The van der Waals surface area contributed by atoms with Gasteiger partial charge in [0.1, 0.15) is 5.75 Å². The van der Waals surface area contributed by atoms with Crippen LogP contribution in [0, 0.1) is 0 Å². The molecule has 0 bridgehead atoms. The number of rotatable bonds is 3. The summed E-state index contributed by atoms with van der Waals surface area (Å²) in [5.74, 6) is 0.553. The first-order chi connectivity index (χ1) is 9.04. The van der Waals surface area contributed by atoms with E-state index in [4.69, 9.17) is 4.74 Å². The number of nitrogens with one attached hydrogen (secondary N) is 2. The van der Waals surface area contributed by atoms with Crippen molar-refractivity contribution in [1.82, 2.24) is 5.32 Å². The molecule has 2 amide bonds. The van der Waals surface area contributed by atoms with Crippen molar-refractivity contribution < 1.29 is 14.3 Å². The van der Waals surface area contributed by atoms with Crippen molar-refractivity contribution >= 4 is 17.5 Å². The van der Waals surface area contributed by atoms with E-state index in [1.54, 1.807) is 12.1 Å². The number of amides is 2. The molecule has 2 rings (SSSR count). The Morgan fingerprint density at radius 3 is 3.00 bits per heavy atom. The van der Waals surface area contributed by atoms with E-state index in [9.17, 15) is 9.59 Å². The van der Waals surface area contributed by atoms with Crippen molar-refractivity contribution in [2.24, 2.45) is 0 Å². The normalized spacial score (nSPS) is 14.2. The highest BCUT2D eigenvalue weighted by molar-refractivity contribution is 5.93. The smallest absolute Gasteiger partial charge is 0.227 e. The van der Waals surface area contributed by atoms with Crippen molar-refractivity contribution in [3.63, 3.8) is 0 Å². The van der Waals surface area contributed by atoms with Gasteiger partial charge in [-0.1, -0.05) is 6.07 Å². The summed E-state index contributed by atoms with van der Waals surface area (Å²) in [7, 11) is 0. The number of carbonyl (C=O) groups excluding carboxylic acids is 2. The molecule has 1 aromatic carbocycles. The third kappa shape index (κ3) is 3.71. The van der Waals surface area contributed by atoms with Crippen LogP contribution in [0.4, 0.5) is 5.69 Å². The van der Waals surface area contributed by atoms with Crippen molar-refractivity contribution in [1.29, 1.82) is 0 Å². The summed E-state index contributed by atoms with van der Waals surface area (Å²) in [6.45, 7) is 4.22. The average Bonchev–Trinajstić information content (AvgIpc) is 2.48. The molecule has 0 saturated heterocycles. The summed E-state index contributed by atoms with van der Waals surface area (Å²) in [5, 5.41) is 5.62. The Kier molecular flexibility index (Phi) is 4.04. The lowest BCUT2D eigenvalue weighted by atomic mass is 10.1. The SMILES string of the molecule is CC(C)NC(=O)Cc1ccc2c(c1)NC(=O)CCO2. The summed E-state index contributed by atoms with van der Waals surface area (Å²) >= 11 is 0. The molecule has 1 aliphatic rings. The van der Waals surface area contributed by atoms with E-state index in [2.05, 4.69) is 10.6 Å². The van der Waals surface area contributed by atoms with E-state index >= 15 is 0 Å². The molecular weight excluding hydrogens is 244 g/mol. The van der Waals surface area contributed by atoms with Crippen LogP contribution >= 0.6 is 0 Å². The summed E-state index contributed by atoms with van der Waals surface area (Å²) in [4.78, 5) is 23.1. The van der Waals surface area contributed by atoms with Crippen LogP contribution in [0.1, 0.15) is 25.8 Å². The molecule has 0 aliphatic carbocycles. The maximum Gasteiger partial charge on any atom is 0.227 e. The second-order valence-corrected chi connectivity index (χ2v) is 4.88. The van der Waals surface area contributed by atoms with Gasteiger partial charge in [-0.2, -0.15) is 0 Å². The number of hydrogen-bond donors (Lipinski definition) is 2. The van der Waals surface area contributed by atoms with Crippen LogP contribution in [0.25, 0.3) is 0 Å². The fourth-order valence-corrected chi connectivity index (χ4v) is 1.94. The van der Waals surface area contributed by atoms with Gasteiger partial charge >= 0.3 is 0 Å². The number of fused-ring (bicyclic) bond motifs is 1. The molecule has 0 aromatic heterocycles. The van der Waals surface area contributed by atoms with Crippen LogP contribution in [-0.2, 0) is 16.0 Å². The van der Waals surface area contributed by atoms with Crippen LogP contribution in [0.15, 0.2) is 18.2 Å². The summed E-state index contributed by atoms with van der Waals surface area (Å²) < 4.78 is 5.46. The summed E-state index contributed by atoms with van der Waals surface area (Å²) in [6, 6.07) is 5.55. The maximum atomic E-state index is 11.7. The Balaban J connectivity index is 2.11. The Morgan fingerprint density at radius 1 is 1.47 bits per heavy atom. The van der Waals surface area contributed by atoms with Gasteiger partial charge in [0, 0.05) is 6.04 Å². The van der Waals surface area contributed by atoms with Crippen molar-refractivity contribution in [2.45, 2.75) is 32.7 Å². The van der Waals surface area contributed by atoms with E-state index in [0.29, 0.717) is 30.9 Å². The molecule has 0 radical (unpaired) electrons. The van der Waals surface area contributed by atoms with Gasteiger partial charge in [-0.25, -0.2) is 0 Å². The van der Waals surface area contributed by atoms with Gasteiger partial charge in [0.15, 0.2) is 0 Å². The fourth-order valence-electron chi connectivity index (χ4n) is 1.94. The van der Waals surface area contributed by atoms with Crippen molar-refractivity contribution in [3.8, 4) is 5.75 Å². The van der Waals surface area contributed by atoms with Crippen molar-refractivity contribution in [2.75, 3.05) is 11.9 Å². The number of carbonyl (C=O) groups is 2. The largest absolute Gasteiger partial charge is 0.491 e. The number of anilines is 1. The first-order valence-electron chi connectivity index (χ1n) is 6.39. The first-order valence-corrected chi connectivity index (χ1v) is 6.39. The third-order valence-corrected chi connectivity index (χ3v) is 2.72. The Morgan fingerprint density at radius 2 is 2.26 bits per heavy atom. The van der Waals surface area contributed by atoms with E-state index in [1.165, 1.54) is 0 Å². The van der Waals surface area contributed by atoms with Crippen LogP contribution in [-0.4, -0.2) is 24.5 Å². The van der Waals surface area contributed by atoms with Gasteiger partial charge in [-0.05, 0) is 31.5 Å². The second-order valence-electron chi connectivity index (χ2n) is 4.88. The number of hydrogen-bond acceptors (Lipinski definition) is 3. The minimum Gasteiger partial charge on any atom is -0.491 e. The minimum absolute atomic E-state index is 0.0317. The van der Waals surface area contributed by atoms with E-state index in [1.807, 2.05) is 19.9 Å². The molecule has 1 heterocycles. The maximum absolute atomic E-state index is 11.7. The van der Waals surface area contributed by atoms with E-state index < -0.39 is 0 Å². The zero-order valence-corrected chi connectivity index (χ0v) is 11.2. The highest BCUT2D eigenvalue weighted by Gasteiger charge is 2.15. The zero-order valence-electron chi connectivity index (χ0n) is 11.2. The topological polar surface area (TPSA) is 67.4 Å². The molecule has 0 saturated carbocycles. The van der Waals surface area contributed by atoms with Gasteiger partial charge in [-0.3, -0.25) is 9.59 Å². The highest BCUT2D eigenvalue weighted by atomic mass is 16.5. The van der Waals surface area contributed by atoms with Crippen LogP contribution in [0.2, 0.25) is 0 Å². The Labute approximate surface area is 112 Å². The van der Waals surface area contributed by atoms with Crippen molar-refractivity contribution in [3.05, 3.63) is 23.8 Å². The quantitative estimate of drug-likeness (QED) is 0.867. The molecule has 0 unspecified atom stereocenters. The number of ether oxygens (including phenoxy) is 1. The molecule has 5 heteroatoms. The summed E-state index contributed by atoms with van der Waals surface area (Å²) in [5.41, 5.74) is 1.49. The fraction of sp³-hybridized carbons (Fsp3) is 0.429. The molecule has 2 N–H and O–H groups in total. The van der Waals surface area contributed by atoms with Gasteiger partial charge < -0.3 is 15.4 Å². The summed E-state index contributed by atoms with van der Waals surface area (Å²) in [6.07, 6.45) is 0.638. The molecule has 19 heavy (non-hydrogen) atoms. The molecule has 5 nitrogen and oxygen atoms in total. The minimum atomic E-state index is -0.0671. The second kappa shape index (κ2) is 5.73. The van der Waals surface area contributed by atoms with Gasteiger partial charge in [0.05, 0.1) is 25.1 Å². The van der Waals surface area contributed by atoms with Gasteiger partial charge in [-0.15, -0.1) is 0 Å². The molecular formula is C14H18N2O3. The molecule has 102 valence electrons. The lowest BCUT2D eigenvalue weighted by Crippen LogP contribution is -2.31. The molecule has 0 atom stereocenters. The lowest BCUT2D eigenvalue weighted by Gasteiger charge is -2.11. The Bertz CT molecular complexity index is 497. The highest BCUT2D eigenvalue weighted by Crippen LogP contribution is 2.28. The zero-order chi connectivity index (χ0) is 13.8. The monoisotopic (exact) mass is 262 g/mol. The molecule has 0 spiro atoms. The Hall–Kier alpha value is -2.04. The molecule has 0 fully saturated rings. The molecule has 1 aliphatic heterocycles. The first kappa shape index (κ1) is 13.4. The lowest BCUT2D eigenvalue weighted by molar-refractivity contribution is -0.121.